The molecule has 1 aliphatic heterocycles. The van der Waals surface area contributed by atoms with Gasteiger partial charge in [0.25, 0.3) is 0 Å². The van der Waals surface area contributed by atoms with Gasteiger partial charge in [0.1, 0.15) is 0 Å². The zero-order valence-corrected chi connectivity index (χ0v) is 9.83. The summed E-state index contributed by atoms with van der Waals surface area (Å²) in [4.78, 5) is 2.12. The molecule has 0 bridgehead atoms. The summed E-state index contributed by atoms with van der Waals surface area (Å²) >= 11 is 1.59. The molecule has 3 rings (SSSR count). The second-order valence-corrected chi connectivity index (χ2v) is 7.75. The van der Waals surface area contributed by atoms with Crippen molar-refractivity contribution in [2.75, 3.05) is 5.75 Å². The molecule has 1 fully saturated rings. The summed E-state index contributed by atoms with van der Waals surface area (Å²) in [7, 11) is -2.88. The highest BCUT2D eigenvalue weighted by Crippen LogP contribution is 2.49. The third-order valence-electron chi connectivity index (χ3n) is 3.09. The van der Waals surface area contributed by atoms with Gasteiger partial charge in [0, 0.05) is 9.75 Å². The lowest BCUT2D eigenvalue weighted by molar-refractivity contribution is 0.155. The smallest absolute Gasteiger partial charge is 0.154 e. The first-order chi connectivity index (χ1) is 6.99. The summed E-state index contributed by atoms with van der Waals surface area (Å²) in [6.07, 6.45) is 2.26. The molecule has 2 heterocycles. The van der Waals surface area contributed by atoms with Gasteiger partial charge < -0.3 is 5.11 Å². The van der Waals surface area contributed by atoms with Crippen LogP contribution in [0.4, 0.5) is 0 Å². The molecule has 0 unspecified atom stereocenters. The van der Waals surface area contributed by atoms with Crippen LogP contribution in [0.2, 0.25) is 0 Å². The number of sulfone groups is 1. The van der Waals surface area contributed by atoms with Crippen molar-refractivity contribution in [3.63, 3.8) is 0 Å². The molecule has 1 aliphatic carbocycles. The Morgan fingerprint density at radius 2 is 2.13 bits per heavy atom. The Morgan fingerprint density at radius 1 is 1.40 bits per heavy atom. The van der Waals surface area contributed by atoms with E-state index in [1.807, 2.05) is 6.07 Å². The zero-order valence-electron chi connectivity index (χ0n) is 8.19. The predicted octanol–water partition coefficient (Wildman–Crippen LogP) is 1.20. The molecule has 1 aromatic rings. The maximum atomic E-state index is 11.4. The summed E-state index contributed by atoms with van der Waals surface area (Å²) in [6, 6.07) is 1.89. The second kappa shape index (κ2) is 2.84. The fourth-order valence-corrected chi connectivity index (χ4v) is 4.89. The van der Waals surface area contributed by atoms with Crippen LogP contribution in [0.15, 0.2) is 6.07 Å². The van der Waals surface area contributed by atoms with Gasteiger partial charge in [0.15, 0.2) is 9.84 Å². The van der Waals surface area contributed by atoms with Crippen LogP contribution in [0.5, 0.6) is 0 Å². The van der Waals surface area contributed by atoms with Gasteiger partial charge in [0.2, 0.25) is 0 Å². The summed E-state index contributed by atoms with van der Waals surface area (Å²) < 4.78 is 22.9. The zero-order chi connectivity index (χ0) is 10.7. The van der Waals surface area contributed by atoms with E-state index in [0.29, 0.717) is 6.42 Å². The first-order valence-electron chi connectivity index (χ1n) is 5.03. The van der Waals surface area contributed by atoms with E-state index in [1.165, 1.54) is 0 Å². The van der Waals surface area contributed by atoms with E-state index in [9.17, 15) is 13.5 Å². The van der Waals surface area contributed by atoms with Crippen molar-refractivity contribution in [3.8, 4) is 0 Å². The summed E-state index contributed by atoms with van der Waals surface area (Å²) in [6.45, 7) is 0. The molecule has 82 valence electrons. The van der Waals surface area contributed by atoms with Crippen molar-refractivity contribution in [2.45, 2.75) is 30.6 Å². The van der Waals surface area contributed by atoms with Crippen molar-refractivity contribution in [1.82, 2.24) is 0 Å². The lowest BCUT2D eigenvalue weighted by Gasteiger charge is -2.10. The average molecular weight is 244 g/mol. The van der Waals surface area contributed by atoms with E-state index in [-0.39, 0.29) is 11.5 Å². The highest BCUT2D eigenvalue weighted by atomic mass is 32.2. The van der Waals surface area contributed by atoms with Crippen LogP contribution >= 0.6 is 11.3 Å². The van der Waals surface area contributed by atoms with E-state index in [0.717, 1.165) is 28.2 Å². The maximum Gasteiger partial charge on any atom is 0.154 e. The SMILES string of the molecule is O=S1(=O)CCc2sc(C3(O)CC3)cc2C1. The molecule has 0 amide bonds. The van der Waals surface area contributed by atoms with E-state index in [4.69, 9.17) is 0 Å². The fourth-order valence-electron chi connectivity index (χ4n) is 1.95. The number of aryl methyl sites for hydroxylation is 1. The van der Waals surface area contributed by atoms with Crippen molar-refractivity contribution in [3.05, 3.63) is 21.4 Å². The normalized spacial score (nSPS) is 25.9. The molecule has 5 heteroatoms. The van der Waals surface area contributed by atoms with Crippen LogP contribution < -0.4 is 0 Å². The molecule has 0 saturated heterocycles. The van der Waals surface area contributed by atoms with Gasteiger partial charge in [-0.25, -0.2) is 8.42 Å². The highest BCUT2D eigenvalue weighted by molar-refractivity contribution is 7.90. The molecule has 2 aliphatic rings. The molecule has 0 atom stereocenters. The Hall–Kier alpha value is -0.390. The van der Waals surface area contributed by atoms with Crippen LogP contribution in [0.1, 0.15) is 28.2 Å². The lowest BCUT2D eigenvalue weighted by atomic mass is 10.2. The fraction of sp³-hybridized carbons (Fsp3) is 0.600. The maximum absolute atomic E-state index is 11.4. The number of hydrogen-bond acceptors (Lipinski definition) is 4. The van der Waals surface area contributed by atoms with Gasteiger partial charge in [-0.15, -0.1) is 11.3 Å². The van der Waals surface area contributed by atoms with Crippen molar-refractivity contribution in [1.29, 1.82) is 0 Å². The Balaban J connectivity index is 2.02. The monoisotopic (exact) mass is 244 g/mol. The average Bonchev–Trinajstić information content (AvgIpc) is 2.76. The van der Waals surface area contributed by atoms with E-state index < -0.39 is 15.4 Å². The minimum atomic E-state index is -2.88. The Morgan fingerprint density at radius 3 is 2.80 bits per heavy atom. The molecular formula is C10H12O3S2. The Bertz CT molecular complexity index is 509. The molecule has 1 saturated carbocycles. The van der Waals surface area contributed by atoms with Crippen LogP contribution in [-0.2, 0) is 27.6 Å². The Kier molecular flexibility index (Phi) is 1.86. The first kappa shape index (κ1) is 9.81. The molecule has 0 aromatic carbocycles. The molecule has 0 spiro atoms. The minimum absolute atomic E-state index is 0.162. The first-order valence-corrected chi connectivity index (χ1v) is 7.67. The summed E-state index contributed by atoms with van der Waals surface area (Å²) in [5.74, 6) is 0.424. The third kappa shape index (κ3) is 1.62. The molecular weight excluding hydrogens is 232 g/mol. The Labute approximate surface area is 92.7 Å². The van der Waals surface area contributed by atoms with Gasteiger partial charge >= 0.3 is 0 Å². The lowest BCUT2D eigenvalue weighted by Crippen LogP contribution is -2.16. The van der Waals surface area contributed by atoms with Crippen LogP contribution in [0.3, 0.4) is 0 Å². The van der Waals surface area contributed by atoms with E-state index in [2.05, 4.69) is 0 Å². The number of thiophene rings is 1. The van der Waals surface area contributed by atoms with Gasteiger partial charge in [-0.3, -0.25) is 0 Å². The topological polar surface area (TPSA) is 54.4 Å². The van der Waals surface area contributed by atoms with Crippen molar-refractivity contribution >= 4 is 21.2 Å². The molecule has 3 nitrogen and oxygen atoms in total. The molecule has 0 radical (unpaired) electrons. The van der Waals surface area contributed by atoms with Gasteiger partial charge in [-0.05, 0) is 30.9 Å². The van der Waals surface area contributed by atoms with Crippen LogP contribution in [-0.4, -0.2) is 19.3 Å². The number of hydrogen-bond donors (Lipinski definition) is 1. The highest BCUT2D eigenvalue weighted by Gasteiger charge is 2.44. The molecule has 15 heavy (non-hydrogen) atoms. The molecule has 1 N–H and O–H groups in total. The number of rotatable bonds is 1. The molecule has 1 aromatic heterocycles. The van der Waals surface area contributed by atoms with Crippen molar-refractivity contribution < 1.29 is 13.5 Å². The second-order valence-electron chi connectivity index (χ2n) is 4.43. The largest absolute Gasteiger partial charge is 0.384 e. The predicted molar refractivity (Wildman–Crippen MR) is 58.6 cm³/mol. The third-order valence-corrected chi connectivity index (χ3v) is 6.10. The summed E-state index contributed by atoms with van der Waals surface area (Å²) in [5, 5.41) is 9.94. The standard InChI is InChI=1S/C10H12O3S2/c11-10(2-3-10)9-5-7-6-15(12,13)4-1-8(7)14-9/h5,11H,1-4,6H2. The summed E-state index contributed by atoms with van der Waals surface area (Å²) in [5.41, 5.74) is 0.299. The number of aliphatic hydroxyl groups is 1. The quantitative estimate of drug-likeness (QED) is 0.807. The number of fused-ring (bicyclic) bond motifs is 1. The van der Waals surface area contributed by atoms with Gasteiger partial charge in [-0.1, -0.05) is 0 Å². The van der Waals surface area contributed by atoms with Crippen molar-refractivity contribution in [2.24, 2.45) is 0 Å². The van der Waals surface area contributed by atoms with Crippen LogP contribution in [0, 0.1) is 0 Å². The van der Waals surface area contributed by atoms with E-state index in [1.54, 1.807) is 11.3 Å². The van der Waals surface area contributed by atoms with Crippen LogP contribution in [0.25, 0.3) is 0 Å². The minimum Gasteiger partial charge on any atom is -0.384 e. The van der Waals surface area contributed by atoms with Gasteiger partial charge in [-0.2, -0.15) is 0 Å². The van der Waals surface area contributed by atoms with E-state index >= 15 is 0 Å². The van der Waals surface area contributed by atoms with Gasteiger partial charge in [0.05, 0.1) is 17.1 Å².